The van der Waals surface area contributed by atoms with Gasteiger partial charge in [-0.15, -0.1) is 0 Å². The van der Waals surface area contributed by atoms with Gasteiger partial charge >= 0.3 is 29.8 Å². The number of carbonyl (C=O) groups is 5. The third-order valence-corrected chi connectivity index (χ3v) is 21.9. The standard InChI is InChI=1S/C17H21N3O3.C17H23N3O3.C16H21N3O3.2C15H19N3O3/c21-16(22)17(5-6-17)7-8-19-9-11-20(12-10-19)15-13-3-1-2-4-14(13)23-18-15;1-17(2,16(21)22)7-8-19-9-11-20(12-10-19)15-13-5-3-4-6-14(13)23-18-15;1-12-4-5-14-13(11-12)16(17-22-14)19-9-7-18(8-10-19)6-2-3-15(20)21;1-11-2-3-13-12(10-11)15(16-21-13)18-8-6-17(7-9-18)5-4-14(19)20;19-14(20)6-3-7-17-8-10-18(11-9-17)15-12-4-1-2-5-13(12)21-16-15/h1-4H,5-12H2,(H,21,22);3-6H,7-12H2,1-2H3,(H,21,22);4-5,11H,2-3,6-10H2,1H3,(H,20,21);2-3,10H,4-9H2,1H3,(H,19,20);1-2,4-5H,3,6-11H2,(H,19,20). The van der Waals surface area contributed by atoms with E-state index in [4.69, 9.17) is 37.9 Å². The SMILES string of the molecule is CC(C)(CCN1CCN(c2noc3ccccc23)CC1)C(=O)O.Cc1ccc2onc(N3CCN(CCC(=O)O)CC3)c2c1.Cc1ccc2onc(N3CCN(CCCC(=O)O)CC3)c2c1.O=C(O)C1(CCN2CCN(c3noc4ccccc34)CC2)CC1.O=C(O)CCCN1CCN(c2noc3ccccc23)CC1. The van der Waals surface area contributed by atoms with Crippen LogP contribution < -0.4 is 24.5 Å². The first-order valence-corrected chi connectivity index (χ1v) is 38.4. The predicted octanol–water partition coefficient (Wildman–Crippen LogP) is 10.3. The van der Waals surface area contributed by atoms with Gasteiger partial charge in [-0.1, -0.05) is 85.4 Å². The summed E-state index contributed by atoms with van der Waals surface area (Å²) in [5.41, 5.74) is 5.38. The maximum absolute atomic E-state index is 11.2. The van der Waals surface area contributed by atoms with E-state index >= 15 is 0 Å². The molecule has 0 amide bonds. The van der Waals surface area contributed by atoms with Crippen LogP contribution in [0.2, 0.25) is 0 Å². The molecule has 0 spiro atoms. The molecule has 10 heterocycles. The third kappa shape index (κ3) is 20.7. The number of carboxylic acids is 5. The lowest BCUT2D eigenvalue weighted by molar-refractivity contribution is -0.147. The summed E-state index contributed by atoms with van der Waals surface area (Å²) in [7, 11) is 0. The zero-order valence-electron chi connectivity index (χ0n) is 63.5. The summed E-state index contributed by atoms with van der Waals surface area (Å²) in [5.74, 6) is 1.03. The van der Waals surface area contributed by atoms with Gasteiger partial charge in [0.1, 0.15) is 0 Å². The summed E-state index contributed by atoms with van der Waals surface area (Å²) in [4.78, 5) is 76.8. The lowest BCUT2D eigenvalue weighted by Crippen LogP contribution is -2.47. The average molecular weight is 1510 g/mol. The number of rotatable bonds is 24. The Balaban J connectivity index is 0.000000128. The maximum atomic E-state index is 11.2. The number of anilines is 5. The van der Waals surface area contributed by atoms with Crippen LogP contribution in [-0.2, 0) is 24.0 Å². The van der Waals surface area contributed by atoms with E-state index in [1.165, 1.54) is 11.1 Å². The minimum Gasteiger partial charge on any atom is -0.481 e. The highest BCUT2D eigenvalue weighted by atomic mass is 16.5. The van der Waals surface area contributed by atoms with E-state index in [9.17, 15) is 34.2 Å². The summed E-state index contributed by atoms with van der Waals surface area (Å²) >= 11 is 0. The Labute approximate surface area is 638 Å². The maximum Gasteiger partial charge on any atom is 0.309 e. The van der Waals surface area contributed by atoms with Crippen LogP contribution in [0.15, 0.2) is 132 Å². The van der Waals surface area contributed by atoms with E-state index in [-0.39, 0.29) is 19.3 Å². The Morgan fingerprint density at radius 1 is 0.364 bits per heavy atom. The van der Waals surface area contributed by atoms with Crippen LogP contribution in [0, 0.1) is 24.7 Å². The lowest BCUT2D eigenvalue weighted by atomic mass is 9.89. The van der Waals surface area contributed by atoms with Crippen LogP contribution in [-0.4, -0.2) is 269 Å². The monoisotopic (exact) mass is 1510 g/mol. The number of hydrogen-bond donors (Lipinski definition) is 5. The van der Waals surface area contributed by atoms with Crippen molar-refractivity contribution in [3.05, 3.63) is 120 Å². The normalized spacial score (nSPS) is 17.4. The molecule has 5 aromatic carbocycles. The van der Waals surface area contributed by atoms with Crippen molar-refractivity contribution < 1.29 is 72.1 Å². The van der Waals surface area contributed by atoms with Gasteiger partial charge in [-0.05, 0) is 153 Å². The van der Waals surface area contributed by atoms with Gasteiger partial charge in [0.05, 0.1) is 44.2 Å². The Hall–Kier alpha value is -10.4. The van der Waals surface area contributed by atoms with E-state index < -0.39 is 40.7 Å². The molecule has 10 aromatic rings. The molecule has 16 rings (SSSR count). The topological polar surface area (TPSA) is 349 Å². The molecule has 1 saturated carbocycles. The molecular weight excluding hydrogens is 1410 g/mol. The summed E-state index contributed by atoms with van der Waals surface area (Å²) in [6.45, 7) is 29.6. The second-order valence-electron chi connectivity index (χ2n) is 30.1. The molecule has 30 nitrogen and oxygen atoms in total. The van der Waals surface area contributed by atoms with Gasteiger partial charge in [0.25, 0.3) is 0 Å². The molecule has 6 fully saturated rings. The van der Waals surface area contributed by atoms with Crippen molar-refractivity contribution in [3.63, 3.8) is 0 Å². The van der Waals surface area contributed by atoms with E-state index in [0.29, 0.717) is 25.8 Å². The Morgan fingerprint density at radius 3 is 0.964 bits per heavy atom. The van der Waals surface area contributed by atoms with Crippen molar-refractivity contribution in [2.45, 2.75) is 85.5 Å². The van der Waals surface area contributed by atoms with Gasteiger partial charge in [-0.3, -0.25) is 48.5 Å². The number of nitrogens with zero attached hydrogens (tertiary/aromatic N) is 15. The predicted molar refractivity (Wildman–Crippen MR) is 419 cm³/mol. The average Bonchev–Trinajstić information content (AvgIpc) is 1.65. The third-order valence-electron chi connectivity index (χ3n) is 21.9. The van der Waals surface area contributed by atoms with Gasteiger partial charge in [0, 0.05) is 150 Å². The molecule has 6 aliphatic rings. The van der Waals surface area contributed by atoms with Crippen molar-refractivity contribution in [2.75, 3.05) is 188 Å². The lowest BCUT2D eigenvalue weighted by Gasteiger charge is -2.35. The van der Waals surface area contributed by atoms with E-state index in [0.717, 1.165) is 260 Å². The number of aliphatic carboxylic acids is 5. The number of fused-ring (bicyclic) bond motifs is 5. The summed E-state index contributed by atoms with van der Waals surface area (Å²) in [6.07, 6.45) is 5.22. The second-order valence-corrected chi connectivity index (χ2v) is 30.1. The van der Waals surface area contributed by atoms with Crippen LogP contribution in [0.5, 0.6) is 0 Å². The molecule has 5 N–H and O–H groups in total. The number of carboxylic acid groups (broad SMARTS) is 5. The number of benzene rings is 5. The first-order chi connectivity index (χ1) is 53.1. The number of hydrogen-bond acceptors (Lipinski definition) is 25. The van der Waals surface area contributed by atoms with Crippen LogP contribution in [0.3, 0.4) is 0 Å². The number of para-hydroxylation sites is 3. The van der Waals surface area contributed by atoms with Crippen molar-refractivity contribution in [1.82, 2.24) is 50.3 Å². The highest BCUT2D eigenvalue weighted by molar-refractivity contribution is 5.92. The van der Waals surface area contributed by atoms with Crippen molar-refractivity contribution >= 4 is 114 Å². The fourth-order valence-electron chi connectivity index (χ4n) is 14.6. The fourth-order valence-corrected chi connectivity index (χ4v) is 14.6. The van der Waals surface area contributed by atoms with Gasteiger partial charge in [-0.25, -0.2) is 0 Å². The zero-order valence-corrected chi connectivity index (χ0v) is 63.5. The van der Waals surface area contributed by atoms with Gasteiger partial charge in [-0.2, -0.15) is 0 Å². The number of aryl methyl sites for hydroxylation is 2. The summed E-state index contributed by atoms with van der Waals surface area (Å²) in [6, 6.07) is 35.9. The fraction of sp³-hybridized carbons (Fsp3) is 0.500. The van der Waals surface area contributed by atoms with E-state index in [1.807, 2.05) is 97.1 Å². The Morgan fingerprint density at radius 2 is 0.655 bits per heavy atom. The molecule has 0 atom stereocenters. The van der Waals surface area contributed by atoms with Crippen LogP contribution in [0.25, 0.3) is 54.8 Å². The molecular formula is C80H103N15O15. The molecule has 0 bridgehead atoms. The largest absolute Gasteiger partial charge is 0.481 e. The quantitative estimate of drug-likeness (QED) is 0.0375. The first kappa shape index (κ1) is 79.2. The molecule has 110 heavy (non-hydrogen) atoms. The smallest absolute Gasteiger partial charge is 0.309 e. The highest BCUT2D eigenvalue weighted by Gasteiger charge is 2.50. The second kappa shape index (κ2) is 36.9. The van der Waals surface area contributed by atoms with E-state index in [2.05, 4.69) is 101 Å². The van der Waals surface area contributed by atoms with E-state index in [1.54, 1.807) is 13.8 Å². The van der Waals surface area contributed by atoms with Crippen LogP contribution >= 0.6 is 0 Å². The summed E-state index contributed by atoms with van der Waals surface area (Å²) in [5, 5.41) is 70.8. The molecule has 1 aliphatic carbocycles. The molecule has 30 heteroatoms. The minimum absolute atomic E-state index is 0.200. The van der Waals surface area contributed by atoms with Gasteiger partial charge in [0.15, 0.2) is 57.0 Å². The summed E-state index contributed by atoms with van der Waals surface area (Å²) < 4.78 is 26.9. The Bertz CT molecular complexity index is 4570. The highest BCUT2D eigenvalue weighted by Crippen LogP contribution is 2.49. The van der Waals surface area contributed by atoms with Gasteiger partial charge < -0.3 is 72.6 Å². The molecule has 0 radical (unpaired) electrons. The first-order valence-electron chi connectivity index (χ1n) is 38.4. The molecule has 5 aromatic heterocycles. The number of piperazine rings is 5. The molecule has 5 aliphatic heterocycles. The number of aromatic nitrogens is 5. The molecule has 5 saturated heterocycles. The Kier molecular flexibility index (Phi) is 26.5. The van der Waals surface area contributed by atoms with Crippen LogP contribution in [0.1, 0.15) is 82.8 Å². The van der Waals surface area contributed by atoms with Crippen molar-refractivity contribution in [3.8, 4) is 0 Å². The van der Waals surface area contributed by atoms with Crippen molar-refractivity contribution in [2.24, 2.45) is 10.8 Å². The molecule has 588 valence electrons. The minimum atomic E-state index is -0.740. The zero-order chi connectivity index (χ0) is 77.3. The van der Waals surface area contributed by atoms with Gasteiger partial charge in [0.2, 0.25) is 0 Å². The van der Waals surface area contributed by atoms with Crippen LogP contribution in [0.4, 0.5) is 29.1 Å². The van der Waals surface area contributed by atoms with Crippen molar-refractivity contribution in [1.29, 1.82) is 0 Å². The molecule has 0 unspecified atom stereocenters.